The number of nitrogens with zero attached hydrogens (tertiary/aromatic N) is 2. The van der Waals surface area contributed by atoms with Crippen molar-refractivity contribution in [1.29, 1.82) is 0 Å². The van der Waals surface area contributed by atoms with Crippen molar-refractivity contribution in [3.8, 4) is 17.2 Å². The second kappa shape index (κ2) is 5.49. The van der Waals surface area contributed by atoms with Gasteiger partial charge in [-0.1, -0.05) is 17.3 Å². The summed E-state index contributed by atoms with van der Waals surface area (Å²) in [4.78, 5) is 15.4. The standard InChI is InChI=1S/C14H11N3O4/c15-13(18)10-3-1-2-4-11(10)20-8-12-16-14(21-17-12)9-5-6-19-7-9/h1-7H,8H2,(H2,15,18). The summed E-state index contributed by atoms with van der Waals surface area (Å²) in [5.74, 6) is 0.508. The molecule has 0 fully saturated rings. The van der Waals surface area contributed by atoms with Crippen LogP contribution in [0, 0.1) is 0 Å². The van der Waals surface area contributed by atoms with Gasteiger partial charge in [0.25, 0.3) is 11.8 Å². The van der Waals surface area contributed by atoms with Crippen LogP contribution < -0.4 is 10.5 Å². The van der Waals surface area contributed by atoms with Gasteiger partial charge in [0.15, 0.2) is 6.61 Å². The van der Waals surface area contributed by atoms with E-state index in [0.717, 1.165) is 0 Å². The van der Waals surface area contributed by atoms with E-state index in [1.165, 1.54) is 12.5 Å². The number of rotatable bonds is 5. The predicted octanol–water partition coefficient (Wildman–Crippen LogP) is 2.01. The molecule has 21 heavy (non-hydrogen) atoms. The molecule has 2 N–H and O–H groups in total. The Morgan fingerprint density at radius 2 is 2.14 bits per heavy atom. The molecule has 1 aromatic carbocycles. The number of benzene rings is 1. The maximum atomic E-state index is 11.3. The molecule has 0 radical (unpaired) electrons. The average molecular weight is 285 g/mol. The van der Waals surface area contributed by atoms with Crippen LogP contribution in [0.5, 0.6) is 5.75 Å². The highest BCUT2D eigenvalue weighted by Crippen LogP contribution is 2.20. The van der Waals surface area contributed by atoms with Crippen molar-refractivity contribution in [2.75, 3.05) is 0 Å². The van der Waals surface area contributed by atoms with E-state index in [9.17, 15) is 4.79 Å². The van der Waals surface area contributed by atoms with Gasteiger partial charge in [-0.3, -0.25) is 4.79 Å². The number of furan rings is 1. The molecule has 7 nitrogen and oxygen atoms in total. The fourth-order valence-electron chi connectivity index (χ4n) is 1.75. The van der Waals surface area contributed by atoms with Gasteiger partial charge in [-0.25, -0.2) is 0 Å². The van der Waals surface area contributed by atoms with E-state index >= 15 is 0 Å². The van der Waals surface area contributed by atoms with Gasteiger partial charge in [0, 0.05) is 0 Å². The third-order valence-corrected chi connectivity index (χ3v) is 2.75. The number of primary amides is 1. The number of carbonyl (C=O) groups is 1. The zero-order valence-electron chi connectivity index (χ0n) is 10.9. The topological polar surface area (TPSA) is 104 Å². The van der Waals surface area contributed by atoms with E-state index in [1.807, 2.05) is 0 Å². The molecule has 0 bridgehead atoms. The lowest BCUT2D eigenvalue weighted by Gasteiger charge is -2.06. The summed E-state index contributed by atoms with van der Waals surface area (Å²) in [7, 11) is 0. The SMILES string of the molecule is NC(=O)c1ccccc1OCc1noc(-c2ccoc2)n1. The summed E-state index contributed by atoms with van der Waals surface area (Å²) in [5, 5.41) is 3.79. The quantitative estimate of drug-likeness (QED) is 0.768. The minimum atomic E-state index is -0.558. The number of amides is 1. The lowest BCUT2D eigenvalue weighted by molar-refractivity contribution is 0.0995. The van der Waals surface area contributed by atoms with Crippen molar-refractivity contribution in [3.05, 3.63) is 54.2 Å². The van der Waals surface area contributed by atoms with E-state index in [0.29, 0.717) is 28.6 Å². The van der Waals surface area contributed by atoms with E-state index < -0.39 is 5.91 Å². The fourth-order valence-corrected chi connectivity index (χ4v) is 1.75. The fraction of sp³-hybridized carbons (Fsp3) is 0.0714. The highest BCUT2D eigenvalue weighted by atomic mass is 16.5. The van der Waals surface area contributed by atoms with Crippen LogP contribution in [0.15, 0.2) is 51.8 Å². The summed E-state index contributed by atoms with van der Waals surface area (Å²) in [5.41, 5.74) is 6.26. The molecule has 2 aromatic heterocycles. The van der Waals surface area contributed by atoms with Crippen LogP contribution in [0.1, 0.15) is 16.2 Å². The Morgan fingerprint density at radius 3 is 2.90 bits per heavy atom. The monoisotopic (exact) mass is 285 g/mol. The lowest BCUT2D eigenvalue weighted by atomic mass is 10.2. The van der Waals surface area contributed by atoms with E-state index in [2.05, 4.69) is 10.1 Å². The number of aromatic nitrogens is 2. The van der Waals surface area contributed by atoms with Crippen molar-refractivity contribution in [3.63, 3.8) is 0 Å². The molecule has 0 aliphatic carbocycles. The van der Waals surface area contributed by atoms with Gasteiger partial charge >= 0.3 is 0 Å². The van der Waals surface area contributed by atoms with Crippen molar-refractivity contribution in [1.82, 2.24) is 10.1 Å². The van der Waals surface area contributed by atoms with Crippen LogP contribution in [-0.2, 0) is 6.61 Å². The van der Waals surface area contributed by atoms with Crippen molar-refractivity contribution in [2.24, 2.45) is 5.73 Å². The summed E-state index contributed by atoms with van der Waals surface area (Å²) < 4.78 is 15.5. The minimum Gasteiger partial charge on any atom is -0.485 e. The van der Waals surface area contributed by atoms with E-state index in [1.54, 1.807) is 30.3 Å². The summed E-state index contributed by atoms with van der Waals surface area (Å²) >= 11 is 0. The van der Waals surface area contributed by atoms with Crippen LogP contribution in [-0.4, -0.2) is 16.0 Å². The number of ether oxygens (including phenoxy) is 1. The molecule has 3 aromatic rings. The van der Waals surface area contributed by atoms with Gasteiger partial charge in [-0.05, 0) is 18.2 Å². The molecule has 0 atom stereocenters. The first kappa shape index (κ1) is 12.9. The van der Waals surface area contributed by atoms with Gasteiger partial charge in [0.2, 0.25) is 5.82 Å². The van der Waals surface area contributed by atoms with Gasteiger partial charge < -0.3 is 19.4 Å². The summed E-state index contributed by atoms with van der Waals surface area (Å²) in [6.45, 7) is 0.0612. The van der Waals surface area contributed by atoms with Gasteiger partial charge in [0.1, 0.15) is 12.0 Å². The van der Waals surface area contributed by atoms with E-state index in [4.69, 9.17) is 19.4 Å². The Bertz CT molecular complexity index is 749. The zero-order valence-corrected chi connectivity index (χ0v) is 10.9. The number of hydrogen-bond acceptors (Lipinski definition) is 6. The maximum absolute atomic E-state index is 11.3. The molecular weight excluding hydrogens is 274 g/mol. The molecule has 1 amide bonds. The van der Waals surface area contributed by atoms with Gasteiger partial charge in [-0.15, -0.1) is 0 Å². The Morgan fingerprint density at radius 1 is 1.29 bits per heavy atom. The molecule has 2 heterocycles. The van der Waals surface area contributed by atoms with E-state index in [-0.39, 0.29) is 6.61 Å². The summed E-state index contributed by atoms with van der Waals surface area (Å²) in [6.07, 6.45) is 3.01. The van der Waals surface area contributed by atoms with Crippen molar-refractivity contribution < 1.29 is 18.5 Å². The molecule has 0 saturated heterocycles. The first-order valence-corrected chi connectivity index (χ1v) is 6.11. The normalized spacial score (nSPS) is 10.5. The summed E-state index contributed by atoms with van der Waals surface area (Å²) in [6, 6.07) is 8.40. The van der Waals surface area contributed by atoms with Gasteiger partial charge in [-0.2, -0.15) is 4.98 Å². The number of nitrogens with two attached hydrogens (primary N) is 1. The molecule has 0 aliphatic heterocycles. The minimum absolute atomic E-state index is 0.0612. The van der Waals surface area contributed by atoms with Crippen molar-refractivity contribution in [2.45, 2.75) is 6.61 Å². The molecule has 0 aliphatic rings. The largest absolute Gasteiger partial charge is 0.485 e. The smallest absolute Gasteiger partial charge is 0.261 e. The third-order valence-electron chi connectivity index (χ3n) is 2.75. The maximum Gasteiger partial charge on any atom is 0.261 e. The van der Waals surface area contributed by atoms with Crippen LogP contribution in [0.25, 0.3) is 11.5 Å². The highest BCUT2D eigenvalue weighted by molar-refractivity contribution is 5.95. The predicted molar refractivity (Wildman–Crippen MR) is 71.3 cm³/mol. The van der Waals surface area contributed by atoms with Crippen LogP contribution in [0.3, 0.4) is 0 Å². The Labute approximate surface area is 119 Å². The molecule has 0 spiro atoms. The Kier molecular flexibility index (Phi) is 3.38. The second-order valence-electron chi connectivity index (χ2n) is 4.18. The Hall–Kier alpha value is -3.09. The number of carbonyl (C=O) groups excluding carboxylic acids is 1. The first-order valence-electron chi connectivity index (χ1n) is 6.11. The number of hydrogen-bond donors (Lipinski definition) is 1. The molecular formula is C14H11N3O4. The highest BCUT2D eigenvalue weighted by Gasteiger charge is 2.12. The molecule has 0 saturated carbocycles. The van der Waals surface area contributed by atoms with Gasteiger partial charge in [0.05, 0.1) is 17.4 Å². The Balaban J connectivity index is 1.73. The third kappa shape index (κ3) is 2.76. The molecule has 7 heteroatoms. The lowest BCUT2D eigenvalue weighted by Crippen LogP contribution is -2.13. The van der Waals surface area contributed by atoms with Crippen LogP contribution >= 0.6 is 0 Å². The number of para-hydroxylation sites is 1. The first-order chi connectivity index (χ1) is 10.2. The average Bonchev–Trinajstić information content (AvgIpc) is 3.16. The molecule has 106 valence electrons. The molecule has 0 unspecified atom stereocenters. The van der Waals surface area contributed by atoms with Crippen molar-refractivity contribution >= 4 is 5.91 Å². The molecule has 3 rings (SSSR count). The second-order valence-corrected chi connectivity index (χ2v) is 4.18. The van der Waals surface area contributed by atoms with Crippen LogP contribution in [0.2, 0.25) is 0 Å². The van der Waals surface area contributed by atoms with Crippen LogP contribution in [0.4, 0.5) is 0 Å². The zero-order chi connectivity index (χ0) is 14.7.